The molecule has 0 fully saturated rings. The molecule has 182 valence electrons. The topological polar surface area (TPSA) is 48.0 Å². The average molecular weight is 480 g/mol. The van der Waals surface area contributed by atoms with Crippen LogP contribution in [0.2, 0.25) is 0 Å². The lowest BCUT2D eigenvalue weighted by atomic mass is 9.88. The number of methoxy groups -OCH3 is 1. The van der Waals surface area contributed by atoms with Gasteiger partial charge in [0, 0.05) is 24.6 Å². The minimum atomic E-state index is -0.0380. The van der Waals surface area contributed by atoms with Crippen LogP contribution < -0.4 is 14.2 Å². The first-order valence-corrected chi connectivity index (χ1v) is 12.1. The maximum absolute atomic E-state index is 13.8. The molecule has 1 aliphatic heterocycles. The second-order valence-corrected chi connectivity index (χ2v) is 8.81. The van der Waals surface area contributed by atoms with Crippen LogP contribution in [0.4, 0.5) is 0 Å². The molecule has 5 nitrogen and oxygen atoms in total. The zero-order chi connectivity index (χ0) is 24.7. The predicted octanol–water partition coefficient (Wildman–Crippen LogP) is 6.29. The Morgan fingerprint density at radius 2 is 1.47 bits per heavy atom. The monoisotopic (exact) mass is 479 g/mol. The minimum absolute atomic E-state index is 0.0380. The third-order valence-corrected chi connectivity index (χ3v) is 6.53. The normalized spacial score (nSPS) is 11.9. The van der Waals surface area contributed by atoms with Crippen LogP contribution in [0.1, 0.15) is 39.4 Å². The molecule has 1 heterocycles. The van der Waals surface area contributed by atoms with Gasteiger partial charge in [-0.25, -0.2) is 0 Å². The van der Waals surface area contributed by atoms with Gasteiger partial charge >= 0.3 is 0 Å². The lowest BCUT2D eigenvalue weighted by Crippen LogP contribution is -2.32. The van der Waals surface area contributed by atoms with Gasteiger partial charge in [0.1, 0.15) is 5.75 Å². The highest BCUT2D eigenvalue weighted by molar-refractivity contribution is 5.95. The maximum atomic E-state index is 13.8. The number of benzene rings is 4. The van der Waals surface area contributed by atoms with Crippen LogP contribution in [0.3, 0.4) is 0 Å². The molecule has 5 rings (SSSR count). The summed E-state index contributed by atoms with van der Waals surface area (Å²) in [7, 11) is 1.65. The van der Waals surface area contributed by atoms with Crippen molar-refractivity contribution in [3.8, 4) is 17.2 Å². The quantitative estimate of drug-likeness (QED) is 0.283. The van der Waals surface area contributed by atoms with Gasteiger partial charge in [0.25, 0.3) is 5.91 Å². The number of rotatable bonds is 9. The Hall–Kier alpha value is -4.25. The lowest BCUT2D eigenvalue weighted by molar-refractivity contribution is 0.0739. The Kier molecular flexibility index (Phi) is 7.17. The molecule has 4 aromatic rings. The summed E-state index contributed by atoms with van der Waals surface area (Å²) in [4.78, 5) is 15.7. The third-order valence-electron chi connectivity index (χ3n) is 6.53. The van der Waals surface area contributed by atoms with Crippen molar-refractivity contribution in [1.29, 1.82) is 0 Å². The molecule has 0 saturated heterocycles. The fourth-order valence-electron chi connectivity index (χ4n) is 4.60. The second kappa shape index (κ2) is 11.0. The van der Waals surface area contributed by atoms with Gasteiger partial charge < -0.3 is 19.1 Å². The number of hydrogen-bond acceptors (Lipinski definition) is 4. The molecule has 1 aliphatic rings. The number of ether oxygens (including phenoxy) is 3. The van der Waals surface area contributed by atoms with Crippen molar-refractivity contribution >= 4 is 5.91 Å². The summed E-state index contributed by atoms with van der Waals surface area (Å²) in [5.41, 5.74) is 4.11. The summed E-state index contributed by atoms with van der Waals surface area (Å²) in [6.45, 7) is 1.26. The summed E-state index contributed by atoms with van der Waals surface area (Å²) < 4.78 is 16.3. The van der Waals surface area contributed by atoms with Gasteiger partial charge in [-0.15, -0.1) is 0 Å². The number of carbonyl (C=O) groups excluding carboxylic acids is 1. The van der Waals surface area contributed by atoms with Crippen molar-refractivity contribution in [2.75, 3.05) is 20.4 Å². The molecule has 0 atom stereocenters. The van der Waals surface area contributed by atoms with Crippen LogP contribution in [0, 0.1) is 0 Å². The van der Waals surface area contributed by atoms with Gasteiger partial charge in [-0.2, -0.15) is 0 Å². The van der Waals surface area contributed by atoms with Gasteiger partial charge in [-0.05, 0) is 53.4 Å². The van der Waals surface area contributed by atoms with Crippen LogP contribution in [-0.4, -0.2) is 31.3 Å². The molecule has 0 aliphatic carbocycles. The van der Waals surface area contributed by atoms with Crippen molar-refractivity contribution in [2.45, 2.75) is 18.9 Å². The van der Waals surface area contributed by atoms with Gasteiger partial charge in [0.2, 0.25) is 6.79 Å². The highest BCUT2D eigenvalue weighted by Gasteiger charge is 2.23. The van der Waals surface area contributed by atoms with Crippen LogP contribution in [-0.2, 0) is 6.54 Å². The summed E-state index contributed by atoms with van der Waals surface area (Å²) in [6.07, 6.45) is 0.792. The van der Waals surface area contributed by atoms with E-state index in [9.17, 15) is 4.79 Å². The first-order valence-electron chi connectivity index (χ1n) is 12.1. The molecule has 1 amide bonds. The van der Waals surface area contributed by atoms with Crippen molar-refractivity contribution in [2.24, 2.45) is 0 Å². The van der Waals surface area contributed by atoms with E-state index < -0.39 is 0 Å². The van der Waals surface area contributed by atoms with Crippen LogP contribution >= 0.6 is 0 Å². The maximum Gasteiger partial charge on any atom is 0.254 e. The Balaban J connectivity index is 1.42. The van der Waals surface area contributed by atoms with E-state index in [2.05, 4.69) is 48.5 Å². The fourth-order valence-corrected chi connectivity index (χ4v) is 4.60. The van der Waals surface area contributed by atoms with E-state index in [-0.39, 0.29) is 18.6 Å². The fraction of sp³-hybridized carbons (Fsp3) is 0.194. The van der Waals surface area contributed by atoms with E-state index in [0.717, 1.165) is 17.7 Å². The zero-order valence-electron chi connectivity index (χ0n) is 20.3. The SMILES string of the molecule is COc1ccc(CN(CCC(c2ccccc2)c2ccccc2)C(=O)c2ccc3c(c2)OCO3)cc1. The second-order valence-electron chi connectivity index (χ2n) is 8.81. The predicted molar refractivity (Wildman–Crippen MR) is 140 cm³/mol. The standard InChI is InChI=1S/C31H29NO4/c1-34-27-15-12-23(13-16-27)21-32(31(33)26-14-17-29-30(20-26)36-22-35-29)19-18-28(24-8-4-2-5-9-24)25-10-6-3-7-11-25/h2-17,20,28H,18-19,21-22H2,1H3. The molecule has 4 aromatic carbocycles. The Bertz CT molecular complexity index is 1250. The largest absolute Gasteiger partial charge is 0.497 e. The molecule has 0 N–H and O–H groups in total. The highest BCUT2D eigenvalue weighted by atomic mass is 16.7. The number of carbonyl (C=O) groups is 1. The zero-order valence-corrected chi connectivity index (χ0v) is 20.3. The summed E-state index contributed by atoms with van der Waals surface area (Å²) in [5, 5.41) is 0. The summed E-state index contributed by atoms with van der Waals surface area (Å²) in [5.74, 6) is 2.21. The van der Waals surface area contributed by atoms with E-state index >= 15 is 0 Å². The molecule has 0 spiro atoms. The summed E-state index contributed by atoms with van der Waals surface area (Å²) >= 11 is 0. The van der Waals surface area contributed by atoms with E-state index in [1.807, 2.05) is 47.4 Å². The van der Waals surface area contributed by atoms with Gasteiger partial charge in [-0.3, -0.25) is 4.79 Å². The van der Waals surface area contributed by atoms with Gasteiger partial charge in [0.05, 0.1) is 7.11 Å². The molecule has 0 saturated carbocycles. The molecular formula is C31H29NO4. The van der Waals surface area contributed by atoms with Gasteiger partial charge in [-0.1, -0.05) is 72.8 Å². The number of fused-ring (bicyclic) bond motifs is 1. The Labute approximate surface area is 211 Å². The molecule has 5 heteroatoms. The number of hydrogen-bond donors (Lipinski definition) is 0. The Morgan fingerprint density at radius 1 is 0.833 bits per heavy atom. The number of nitrogens with zero attached hydrogens (tertiary/aromatic N) is 1. The average Bonchev–Trinajstić information content (AvgIpc) is 3.42. The lowest BCUT2D eigenvalue weighted by Gasteiger charge is -2.26. The highest BCUT2D eigenvalue weighted by Crippen LogP contribution is 2.33. The molecule has 0 aromatic heterocycles. The van der Waals surface area contributed by atoms with Crippen LogP contribution in [0.5, 0.6) is 17.2 Å². The summed E-state index contributed by atoms with van der Waals surface area (Å²) in [6, 6.07) is 34.2. The van der Waals surface area contributed by atoms with Crippen molar-refractivity contribution in [3.63, 3.8) is 0 Å². The van der Waals surface area contributed by atoms with E-state index in [4.69, 9.17) is 14.2 Å². The first kappa shape index (κ1) is 23.5. The molecular weight excluding hydrogens is 450 g/mol. The van der Waals surface area contributed by atoms with Gasteiger partial charge in [0.15, 0.2) is 11.5 Å². The molecule has 0 unspecified atom stereocenters. The van der Waals surface area contributed by atoms with Crippen molar-refractivity contribution in [3.05, 3.63) is 125 Å². The van der Waals surface area contributed by atoms with Crippen molar-refractivity contribution in [1.82, 2.24) is 4.90 Å². The molecule has 36 heavy (non-hydrogen) atoms. The van der Waals surface area contributed by atoms with E-state index in [0.29, 0.717) is 30.2 Å². The third kappa shape index (κ3) is 5.36. The van der Waals surface area contributed by atoms with Crippen molar-refractivity contribution < 1.29 is 19.0 Å². The number of amides is 1. The molecule has 0 bridgehead atoms. The van der Waals surface area contributed by atoms with Crippen LogP contribution in [0.15, 0.2) is 103 Å². The van der Waals surface area contributed by atoms with E-state index in [1.54, 1.807) is 19.2 Å². The Morgan fingerprint density at radius 3 is 2.11 bits per heavy atom. The molecule has 0 radical (unpaired) electrons. The van der Waals surface area contributed by atoms with E-state index in [1.165, 1.54) is 11.1 Å². The first-order chi connectivity index (χ1) is 17.7. The van der Waals surface area contributed by atoms with Crippen LogP contribution in [0.25, 0.3) is 0 Å². The minimum Gasteiger partial charge on any atom is -0.497 e. The smallest absolute Gasteiger partial charge is 0.254 e.